The highest BCUT2D eigenvalue weighted by atomic mass is 15.2. The Balaban J connectivity index is 1.47. The number of benzene rings is 1. The molecule has 27 heavy (non-hydrogen) atoms. The highest BCUT2D eigenvalue weighted by molar-refractivity contribution is 5.54. The number of nitriles is 1. The van der Waals surface area contributed by atoms with Gasteiger partial charge in [0.2, 0.25) is 0 Å². The summed E-state index contributed by atoms with van der Waals surface area (Å²) >= 11 is 0. The van der Waals surface area contributed by atoms with Gasteiger partial charge in [0.05, 0.1) is 18.6 Å². The average Bonchev–Trinajstić information content (AvgIpc) is 3.28. The van der Waals surface area contributed by atoms with Crippen LogP contribution in [0.1, 0.15) is 19.0 Å². The van der Waals surface area contributed by atoms with Crippen LogP contribution >= 0.6 is 0 Å². The van der Waals surface area contributed by atoms with E-state index < -0.39 is 0 Å². The number of nitrogens with two attached hydrogens (primary N) is 1. The minimum atomic E-state index is 0.243. The van der Waals surface area contributed by atoms with E-state index in [1.54, 1.807) is 6.33 Å². The number of nitrogens with zero attached hydrogens (tertiary/aromatic N) is 6. The molecule has 8 nitrogen and oxygen atoms in total. The number of rotatable bonds is 4. The first-order chi connectivity index (χ1) is 13.1. The molecule has 1 aliphatic rings. The number of aromatic nitrogens is 4. The first-order valence-corrected chi connectivity index (χ1v) is 8.78. The molecule has 8 heteroatoms. The van der Waals surface area contributed by atoms with Crippen LogP contribution in [0.3, 0.4) is 0 Å². The van der Waals surface area contributed by atoms with E-state index in [0.717, 1.165) is 18.7 Å². The summed E-state index contributed by atoms with van der Waals surface area (Å²) in [6, 6.07) is 11.0. The fourth-order valence-electron chi connectivity index (χ4n) is 3.36. The maximum atomic E-state index is 8.77. The van der Waals surface area contributed by atoms with Gasteiger partial charge in [-0.3, -0.25) is 0 Å². The molecule has 4 rings (SSSR count). The van der Waals surface area contributed by atoms with Crippen molar-refractivity contribution in [3.05, 3.63) is 54.9 Å². The maximum absolute atomic E-state index is 8.77. The van der Waals surface area contributed by atoms with Crippen molar-refractivity contribution < 1.29 is 0 Å². The third-order valence-electron chi connectivity index (χ3n) is 4.69. The Labute approximate surface area is 157 Å². The van der Waals surface area contributed by atoms with E-state index in [9.17, 15) is 0 Å². The SMILES string of the molecule is CC1CC(N)CN1c1ccc(-n2cnc(Nc3cnc(C#N)cn3)c2)cc1. The van der Waals surface area contributed by atoms with Gasteiger partial charge in [-0.25, -0.2) is 15.0 Å². The molecule has 2 atom stereocenters. The molecule has 3 heterocycles. The normalized spacial score (nSPS) is 19.1. The van der Waals surface area contributed by atoms with E-state index in [2.05, 4.69) is 56.4 Å². The summed E-state index contributed by atoms with van der Waals surface area (Å²) in [7, 11) is 0. The van der Waals surface area contributed by atoms with Crippen LogP contribution < -0.4 is 16.0 Å². The molecule has 0 amide bonds. The van der Waals surface area contributed by atoms with Gasteiger partial charge in [-0.1, -0.05) is 0 Å². The Bertz CT molecular complexity index is 955. The van der Waals surface area contributed by atoms with Crippen LogP contribution in [0.4, 0.5) is 17.3 Å². The number of hydrogen-bond donors (Lipinski definition) is 2. The molecular weight excluding hydrogens is 340 g/mol. The van der Waals surface area contributed by atoms with E-state index in [4.69, 9.17) is 11.0 Å². The van der Waals surface area contributed by atoms with Crippen molar-refractivity contribution in [2.24, 2.45) is 5.73 Å². The fourth-order valence-corrected chi connectivity index (χ4v) is 3.36. The fraction of sp³-hybridized carbons (Fsp3) is 0.263. The Hall–Kier alpha value is -3.44. The van der Waals surface area contributed by atoms with Gasteiger partial charge in [0.1, 0.15) is 24.0 Å². The zero-order valence-electron chi connectivity index (χ0n) is 14.9. The lowest BCUT2D eigenvalue weighted by Gasteiger charge is -2.23. The van der Waals surface area contributed by atoms with Crippen molar-refractivity contribution in [1.82, 2.24) is 19.5 Å². The molecule has 136 valence electrons. The molecule has 0 aliphatic carbocycles. The zero-order valence-corrected chi connectivity index (χ0v) is 14.9. The summed E-state index contributed by atoms with van der Waals surface area (Å²) < 4.78 is 1.93. The average molecular weight is 360 g/mol. The lowest BCUT2D eigenvalue weighted by Crippen LogP contribution is -2.28. The van der Waals surface area contributed by atoms with Gasteiger partial charge in [-0.15, -0.1) is 0 Å². The summed E-state index contributed by atoms with van der Waals surface area (Å²) in [5.41, 5.74) is 8.55. The second kappa shape index (κ2) is 7.05. The van der Waals surface area contributed by atoms with E-state index in [1.807, 2.05) is 16.8 Å². The number of anilines is 3. The predicted molar refractivity (Wildman–Crippen MR) is 103 cm³/mol. The van der Waals surface area contributed by atoms with Crippen molar-refractivity contribution in [1.29, 1.82) is 5.26 Å². The molecule has 0 radical (unpaired) electrons. The Morgan fingerprint density at radius 1 is 1.11 bits per heavy atom. The van der Waals surface area contributed by atoms with Crippen molar-refractivity contribution in [2.75, 3.05) is 16.8 Å². The molecule has 0 saturated carbocycles. The van der Waals surface area contributed by atoms with E-state index in [1.165, 1.54) is 18.1 Å². The molecule has 1 aliphatic heterocycles. The molecule has 0 spiro atoms. The quantitative estimate of drug-likeness (QED) is 0.734. The highest BCUT2D eigenvalue weighted by Gasteiger charge is 2.26. The van der Waals surface area contributed by atoms with Crippen molar-refractivity contribution in [3.63, 3.8) is 0 Å². The molecule has 1 saturated heterocycles. The van der Waals surface area contributed by atoms with Crippen LogP contribution in [0.15, 0.2) is 49.2 Å². The van der Waals surface area contributed by atoms with Crippen LogP contribution in [0.25, 0.3) is 5.69 Å². The lowest BCUT2D eigenvalue weighted by molar-refractivity contribution is 0.690. The van der Waals surface area contributed by atoms with Crippen molar-refractivity contribution in [3.8, 4) is 11.8 Å². The van der Waals surface area contributed by atoms with Gasteiger partial charge >= 0.3 is 0 Å². The molecule has 3 aromatic rings. The van der Waals surface area contributed by atoms with Crippen LogP contribution in [0.5, 0.6) is 0 Å². The van der Waals surface area contributed by atoms with Crippen molar-refractivity contribution >= 4 is 17.3 Å². The van der Waals surface area contributed by atoms with Crippen LogP contribution in [-0.2, 0) is 0 Å². The summed E-state index contributed by atoms with van der Waals surface area (Å²) in [4.78, 5) is 14.8. The van der Waals surface area contributed by atoms with Crippen LogP contribution in [0, 0.1) is 11.3 Å². The minimum absolute atomic E-state index is 0.243. The maximum Gasteiger partial charge on any atom is 0.158 e. The Kier molecular flexibility index (Phi) is 4.44. The molecule has 1 fully saturated rings. The first kappa shape index (κ1) is 17.0. The summed E-state index contributed by atoms with van der Waals surface area (Å²) in [5.74, 6) is 1.19. The van der Waals surface area contributed by atoms with Gasteiger partial charge < -0.3 is 20.5 Å². The van der Waals surface area contributed by atoms with Gasteiger partial charge in [-0.05, 0) is 37.6 Å². The van der Waals surface area contributed by atoms with Crippen LogP contribution in [0.2, 0.25) is 0 Å². The molecule has 2 aromatic heterocycles. The predicted octanol–water partition coefficient (Wildman–Crippen LogP) is 2.20. The largest absolute Gasteiger partial charge is 0.367 e. The molecule has 0 bridgehead atoms. The van der Waals surface area contributed by atoms with E-state index >= 15 is 0 Å². The topological polar surface area (TPSA) is 109 Å². The third-order valence-corrected chi connectivity index (χ3v) is 4.69. The third kappa shape index (κ3) is 3.59. The molecule has 2 unspecified atom stereocenters. The standard InChI is InChI=1S/C19H20N8/c1-13-6-14(21)10-27(13)17-4-2-16(3-5-17)26-11-19(24-12-26)25-18-9-22-15(7-20)8-23-18/h2-5,8-9,11-14H,6,10,21H2,1H3,(H,23,25). The Morgan fingerprint density at radius 3 is 2.52 bits per heavy atom. The van der Waals surface area contributed by atoms with Gasteiger partial charge in [0.15, 0.2) is 5.69 Å². The van der Waals surface area contributed by atoms with Crippen LogP contribution in [-0.4, -0.2) is 38.1 Å². The van der Waals surface area contributed by atoms with Gasteiger partial charge in [-0.2, -0.15) is 5.26 Å². The van der Waals surface area contributed by atoms with Gasteiger partial charge in [0.25, 0.3) is 0 Å². The van der Waals surface area contributed by atoms with Crippen molar-refractivity contribution in [2.45, 2.75) is 25.4 Å². The molecule has 1 aromatic carbocycles. The smallest absolute Gasteiger partial charge is 0.158 e. The zero-order chi connectivity index (χ0) is 18.8. The highest BCUT2D eigenvalue weighted by Crippen LogP contribution is 2.26. The first-order valence-electron chi connectivity index (χ1n) is 8.78. The second-order valence-corrected chi connectivity index (χ2v) is 6.70. The van der Waals surface area contributed by atoms with Gasteiger partial charge in [0, 0.05) is 30.0 Å². The summed E-state index contributed by atoms with van der Waals surface area (Å²) in [6.45, 7) is 3.10. The lowest BCUT2D eigenvalue weighted by atomic mass is 10.2. The van der Waals surface area contributed by atoms with E-state index in [-0.39, 0.29) is 11.7 Å². The summed E-state index contributed by atoms with van der Waals surface area (Å²) in [5, 5.41) is 11.8. The number of nitrogens with one attached hydrogen (secondary N) is 1. The monoisotopic (exact) mass is 360 g/mol. The number of imidazole rings is 1. The molecular formula is C19H20N8. The minimum Gasteiger partial charge on any atom is -0.367 e. The number of hydrogen-bond acceptors (Lipinski definition) is 7. The molecule has 3 N–H and O–H groups in total. The van der Waals surface area contributed by atoms with E-state index in [0.29, 0.717) is 17.7 Å². The Morgan fingerprint density at radius 2 is 1.89 bits per heavy atom. The second-order valence-electron chi connectivity index (χ2n) is 6.70. The summed E-state index contributed by atoms with van der Waals surface area (Å²) in [6.07, 6.45) is 7.57.